The summed E-state index contributed by atoms with van der Waals surface area (Å²) >= 11 is 0. The highest BCUT2D eigenvalue weighted by Gasteiger charge is 2.44. The highest BCUT2D eigenvalue weighted by Crippen LogP contribution is 2.54. The van der Waals surface area contributed by atoms with Gasteiger partial charge in [0, 0.05) is 51.4 Å². The summed E-state index contributed by atoms with van der Waals surface area (Å²) in [5.74, 6) is -0.213. The number of hydrogen-bond acceptors (Lipinski definition) is 8. The van der Waals surface area contributed by atoms with Crippen molar-refractivity contribution in [3.05, 3.63) is 41.5 Å². The summed E-state index contributed by atoms with van der Waals surface area (Å²) in [7, 11) is -1.75. The maximum Gasteiger partial charge on any atom is 0.255 e. The lowest BCUT2D eigenvalue weighted by Crippen LogP contribution is -2.41. The van der Waals surface area contributed by atoms with E-state index < -0.39 is 16.1 Å². The third kappa shape index (κ3) is 5.84. The number of benzene rings is 2. The fourth-order valence-corrected chi connectivity index (χ4v) is 7.88. The number of piperidine rings is 1. The van der Waals surface area contributed by atoms with Crippen LogP contribution in [0.2, 0.25) is 0 Å². The number of likely N-dealkylation sites (N-methyl/N-ethyl adjacent to an activating group) is 1. The molecule has 1 amide bonds. The van der Waals surface area contributed by atoms with Gasteiger partial charge in [-0.25, -0.2) is 13.1 Å². The zero-order valence-corrected chi connectivity index (χ0v) is 25.7. The second-order valence-electron chi connectivity index (χ2n) is 12.6. The molecule has 11 heteroatoms. The van der Waals surface area contributed by atoms with Crippen molar-refractivity contribution >= 4 is 38.7 Å². The van der Waals surface area contributed by atoms with Crippen LogP contribution in [0, 0.1) is 5.41 Å². The molecule has 2 saturated heterocycles. The topological polar surface area (TPSA) is 114 Å². The monoisotopic (exact) mass is 597 g/mol. The van der Waals surface area contributed by atoms with Crippen LogP contribution < -0.4 is 24.7 Å². The van der Waals surface area contributed by atoms with Crippen LogP contribution in [-0.4, -0.2) is 84.6 Å². The van der Waals surface area contributed by atoms with Gasteiger partial charge in [-0.3, -0.25) is 4.79 Å². The van der Waals surface area contributed by atoms with Gasteiger partial charge in [-0.2, -0.15) is 0 Å². The lowest BCUT2D eigenvalue weighted by Gasteiger charge is -2.35. The predicted molar refractivity (Wildman–Crippen MR) is 165 cm³/mol. The van der Waals surface area contributed by atoms with Gasteiger partial charge in [-0.1, -0.05) is 0 Å². The summed E-state index contributed by atoms with van der Waals surface area (Å²) in [5, 5.41) is 12.5. The molecular weight excluding hydrogens is 554 g/mol. The van der Waals surface area contributed by atoms with Crippen molar-refractivity contribution in [3.63, 3.8) is 0 Å². The van der Waals surface area contributed by atoms with Crippen LogP contribution in [0.1, 0.15) is 55.5 Å². The van der Waals surface area contributed by atoms with Gasteiger partial charge < -0.3 is 29.9 Å². The van der Waals surface area contributed by atoms with Crippen LogP contribution in [0.3, 0.4) is 0 Å². The average Bonchev–Trinajstić information content (AvgIpc) is 3.63. The Morgan fingerprint density at radius 3 is 2.52 bits per heavy atom. The number of nitrogens with one attached hydrogen (secondary N) is 2. The normalized spacial score (nSPS) is 22.3. The maximum atomic E-state index is 13.9. The predicted octanol–water partition coefficient (Wildman–Crippen LogP) is 3.20. The molecule has 2 aromatic rings. The van der Waals surface area contributed by atoms with E-state index in [9.17, 15) is 18.3 Å². The molecule has 3 fully saturated rings. The standard InChI is InChI=1S/C31H43N5O5S/c1-21(20-37)33-42(39,40)25-4-5-26(27(18-25)35-12-9-31(7-8-31)10-13-35)32-30(38)24-16-23-6-11-34(3)29(23)28(17-24)36-14-15-41-22(2)19-36/h4-5,16-18,21-22,33,37H,6-15,19-20H2,1-3H3,(H,32,38)/t21-,22-/m1/s1. The number of hydrogen-bond donors (Lipinski definition) is 3. The van der Waals surface area contributed by atoms with Crippen LogP contribution in [0.25, 0.3) is 0 Å². The maximum absolute atomic E-state index is 13.9. The molecule has 0 unspecified atom stereocenters. The number of rotatable bonds is 8. The minimum Gasteiger partial charge on any atom is -0.395 e. The Morgan fingerprint density at radius 1 is 1.07 bits per heavy atom. The molecule has 0 radical (unpaired) electrons. The molecule has 1 spiro atoms. The van der Waals surface area contributed by atoms with Crippen molar-refractivity contribution in [1.82, 2.24) is 4.72 Å². The van der Waals surface area contributed by atoms with Crippen LogP contribution >= 0.6 is 0 Å². The Labute approximate surface area is 249 Å². The Kier molecular flexibility index (Phi) is 7.88. The largest absolute Gasteiger partial charge is 0.395 e. The number of morpholine rings is 1. The zero-order valence-electron chi connectivity index (χ0n) is 24.9. The van der Waals surface area contributed by atoms with E-state index in [1.54, 1.807) is 19.1 Å². The molecule has 3 N–H and O–H groups in total. The molecule has 3 aliphatic heterocycles. The smallest absolute Gasteiger partial charge is 0.255 e. The second kappa shape index (κ2) is 11.3. The van der Waals surface area contributed by atoms with Gasteiger partial charge in [0.1, 0.15) is 0 Å². The van der Waals surface area contributed by atoms with Gasteiger partial charge in [-0.05, 0) is 87.3 Å². The van der Waals surface area contributed by atoms with E-state index in [1.807, 2.05) is 12.1 Å². The summed E-state index contributed by atoms with van der Waals surface area (Å²) < 4.78 is 34.5. The SMILES string of the molecule is C[C@H](CO)NS(=O)(=O)c1ccc(NC(=O)c2cc3c(c(N4CCO[C@H](C)C4)c2)N(C)CC3)c(N2CCC3(CC2)CC3)c1. The first-order valence-corrected chi connectivity index (χ1v) is 16.6. The fourth-order valence-electron chi connectivity index (χ4n) is 6.63. The van der Waals surface area contributed by atoms with E-state index in [4.69, 9.17) is 4.74 Å². The third-order valence-electron chi connectivity index (χ3n) is 9.39. The van der Waals surface area contributed by atoms with Crippen molar-refractivity contribution < 1.29 is 23.1 Å². The minimum absolute atomic E-state index is 0.116. The molecule has 3 heterocycles. The van der Waals surface area contributed by atoms with Gasteiger partial charge in [0.15, 0.2) is 0 Å². The minimum atomic E-state index is -3.85. The first-order chi connectivity index (χ1) is 20.1. The molecule has 2 atom stereocenters. The third-order valence-corrected chi connectivity index (χ3v) is 11.0. The number of carbonyl (C=O) groups is 1. The summed E-state index contributed by atoms with van der Waals surface area (Å²) in [6, 6.07) is 8.26. The lowest BCUT2D eigenvalue weighted by atomic mass is 9.93. The van der Waals surface area contributed by atoms with Gasteiger partial charge in [0.25, 0.3) is 5.91 Å². The van der Waals surface area contributed by atoms with E-state index in [0.29, 0.717) is 29.0 Å². The van der Waals surface area contributed by atoms with Crippen molar-refractivity contribution in [1.29, 1.82) is 0 Å². The van der Waals surface area contributed by atoms with Crippen LogP contribution in [0.15, 0.2) is 35.2 Å². The number of nitrogens with zero attached hydrogens (tertiary/aromatic N) is 3. The molecule has 1 aliphatic carbocycles. The first-order valence-electron chi connectivity index (χ1n) is 15.2. The van der Waals surface area contributed by atoms with E-state index in [-0.39, 0.29) is 23.5 Å². The molecular formula is C31H43N5O5S. The number of ether oxygens (including phenoxy) is 1. The summed E-state index contributed by atoms with van der Waals surface area (Å²) in [6.07, 6.45) is 5.66. The van der Waals surface area contributed by atoms with Crippen LogP contribution in [-0.2, 0) is 21.2 Å². The number of carbonyl (C=O) groups excluding carboxylic acids is 1. The molecule has 1 saturated carbocycles. The summed E-state index contributed by atoms with van der Waals surface area (Å²) in [5.41, 5.74) is 5.76. The molecule has 10 nitrogen and oxygen atoms in total. The molecule has 4 aliphatic rings. The van der Waals surface area contributed by atoms with Crippen molar-refractivity contribution in [2.45, 2.75) is 63.0 Å². The number of amides is 1. The van der Waals surface area contributed by atoms with Crippen molar-refractivity contribution in [3.8, 4) is 0 Å². The van der Waals surface area contributed by atoms with Crippen molar-refractivity contribution in [2.75, 3.05) is 73.0 Å². The number of aliphatic hydroxyl groups excluding tert-OH is 1. The molecule has 0 aromatic heterocycles. The first kappa shape index (κ1) is 29.2. The summed E-state index contributed by atoms with van der Waals surface area (Å²) in [6.45, 7) is 8.13. The molecule has 0 bridgehead atoms. The Balaban J connectivity index is 1.32. The number of anilines is 4. The van der Waals surface area contributed by atoms with Gasteiger partial charge in [0.05, 0.1) is 47.0 Å². The fraction of sp³-hybridized carbons (Fsp3) is 0.581. The van der Waals surface area contributed by atoms with E-state index in [0.717, 1.165) is 63.2 Å². The Hall–Kier alpha value is -2.86. The highest BCUT2D eigenvalue weighted by atomic mass is 32.2. The van der Waals surface area contributed by atoms with Gasteiger partial charge >= 0.3 is 0 Å². The quantitative estimate of drug-likeness (QED) is 0.425. The average molecular weight is 598 g/mol. The molecule has 2 aromatic carbocycles. The second-order valence-corrected chi connectivity index (χ2v) is 14.3. The van der Waals surface area contributed by atoms with Gasteiger partial charge in [0.2, 0.25) is 10.0 Å². The van der Waals surface area contributed by atoms with Crippen LogP contribution in [0.5, 0.6) is 0 Å². The number of sulfonamides is 1. The number of aliphatic hydroxyl groups is 1. The Bertz CT molecular complexity index is 1450. The van der Waals surface area contributed by atoms with Gasteiger partial charge in [-0.15, -0.1) is 0 Å². The molecule has 228 valence electrons. The Morgan fingerprint density at radius 2 is 1.83 bits per heavy atom. The van der Waals surface area contributed by atoms with Crippen LogP contribution in [0.4, 0.5) is 22.7 Å². The highest BCUT2D eigenvalue weighted by molar-refractivity contribution is 7.89. The molecule has 6 rings (SSSR count). The number of fused-ring (bicyclic) bond motifs is 1. The van der Waals surface area contributed by atoms with E-state index in [1.165, 1.54) is 24.6 Å². The summed E-state index contributed by atoms with van der Waals surface area (Å²) in [4.78, 5) is 20.8. The molecule has 42 heavy (non-hydrogen) atoms. The lowest BCUT2D eigenvalue weighted by molar-refractivity contribution is 0.0532. The zero-order chi connectivity index (χ0) is 29.6. The van der Waals surface area contributed by atoms with E-state index in [2.05, 4.69) is 38.7 Å². The van der Waals surface area contributed by atoms with E-state index >= 15 is 0 Å². The van der Waals surface area contributed by atoms with Crippen molar-refractivity contribution in [2.24, 2.45) is 5.41 Å².